The van der Waals surface area contributed by atoms with Gasteiger partial charge >= 0.3 is 5.00 Å². The predicted octanol–water partition coefficient (Wildman–Crippen LogP) is 2.17. The molecule has 1 aliphatic heterocycles. The number of thiophene rings is 1. The summed E-state index contributed by atoms with van der Waals surface area (Å²) >= 11 is 1.10. The summed E-state index contributed by atoms with van der Waals surface area (Å²) in [6.07, 6.45) is -0.608. The van der Waals surface area contributed by atoms with Gasteiger partial charge in [-0.3, -0.25) is 14.9 Å². The molecule has 120 valence electrons. The molecule has 0 saturated carbocycles. The number of carbonyl (C=O) groups excluding carboxylic acids is 1. The third kappa shape index (κ3) is 3.11. The first-order valence-corrected chi connectivity index (χ1v) is 7.90. The van der Waals surface area contributed by atoms with Gasteiger partial charge in [-0.2, -0.15) is 0 Å². The summed E-state index contributed by atoms with van der Waals surface area (Å²) in [5.74, 6) is 0.442. The number of likely N-dealkylation sites (N-methyl/N-ethyl adjacent to an activating group) is 1. The second kappa shape index (κ2) is 6.25. The van der Waals surface area contributed by atoms with Crippen molar-refractivity contribution in [2.75, 3.05) is 18.5 Å². The van der Waals surface area contributed by atoms with Gasteiger partial charge in [0.05, 0.1) is 17.2 Å². The predicted molar refractivity (Wildman–Crippen MR) is 86.9 cm³/mol. The molecule has 8 heteroatoms. The van der Waals surface area contributed by atoms with Crippen molar-refractivity contribution in [3.8, 4) is 5.75 Å². The monoisotopic (exact) mass is 333 g/mol. The number of para-hydroxylation sites is 2. The van der Waals surface area contributed by atoms with E-state index in [-0.39, 0.29) is 10.9 Å². The van der Waals surface area contributed by atoms with E-state index in [1.54, 1.807) is 18.5 Å². The summed E-state index contributed by atoms with van der Waals surface area (Å²) in [5, 5.41) is 15.3. The number of benzene rings is 1. The molecule has 0 unspecified atom stereocenters. The second-order valence-electron chi connectivity index (χ2n) is 5.12. The molecule has 1 aliphatic rings. The van der Waals surface area contributed by atoms with Gasteiger partial charge in [-0.15, -0.1) is 0 Å². The molecule has 0 radical (unpaired) electrons. The van der Waals surface area contributed by atoms with Gasteiger partial charge in [0.15, 0.2) is 6.10 Å². The Bertz CT molecular complexity index is 746. The highest BCUT2D eigenvalue weighted by molar-refractivity contribution is 7.13. The summed E-state index contributed by atoms with van der Waals surface area (Å²) in [6, 6.07) is 9.03. The maximum absolute atomic E-state index is 11.9. The third-order valence-electron chi connectivity index (χ3n) is 3.59. The number of rotatable bonds is 4. The van der Waals surface area contributed by atoms with E-state index in [9.17, 15) is 14.9 Å². The zero-order valence-corrected chi connectivity index (χ0v) is 13.2. The molecule has 7 nitrogen and oxygen atoms in total. The Morgan fingerprint density at radius 2 is 2.30 bits per heavy atom. The van der Waals surface area contributed by atoms with Gasteiger partial charge in [-0.05, 0) is 17.7 Å². The van der Waals surface area contributed by atoms with Gasteiger partial charge in [0, 0.05) is 25.0 Å². The molecule has 3 rings (SSSR count). The number of hydrogen-bond donors (Lipinski definition) is 1. The number of carbonyl (C=O) groups is 1. The van der Waals surface area contributed by atoms with Crippen LogP contribution in [0.1, 0.15) is 5.56 Å². The zero-order chi connectivity index (χ0) is 16.4. The minimum atomic E-state index is -0.608. The molecular weight excluding hydrogens is 318 g/mol. The first-order chi connectivity index (χ1) is 11.1. The Kier molecular flexibility index (Phi) is 4.16. The number of hydrogen-bond acceptors (Lipinski definition) is 6. The van der Waals surface area contributed by atoms with Crippen LogP contribution in [0.25, 0.3) is 0 Å². The van der Waals surface area contributed by atoms with E-state index in [1.165, 1.54) is 0 Å². The number of amides is 1. The average Bonchev–Trinajstić information content (AvgIpc) is 3.03. The highest BCUT2D eigenvalue weighted by atomic mass is 32.1. The molecule has 1 amide bonds. The molecule has 0 spiro atoms. The Morgan fingerprint density at radius 3 is 3.00 bits per heavy atom. The largest absolute Gasteiger partial charge is 0.477 e. The smallest absolute Gasteiger partial charge is 0.324 e. The zero-order valence-electron chi connectivity index (χ0n) is 12.4. The van der Waals surface area contributed by atoms with Crippen LogP contribution in [0.3, 0.4) is 0 Å². The molecule has 0 bridgehead atoms. The topological polar surface area (TPSA) is 84.7 Å². The van der Waals surface area contributed by atoms with Crippen molar-refractivity contribution in [2.24, 2.45) is 0 Å². The number of nitrogens with zero attached hydrogens (tertiary/aromatic N) is 2. The number of nitrogens with one attached hydrogen (secondary N) is 1. The van der Waals surface area contributed by atoms with E-state index in [0.717, 1.165) is 22.6 Å². The summed E-state index contributed by atoms with van der Waals surface area (Å²) in [4.78, 5) is 24.3. The molecule has 1 aromatic carbocycles. The van der Waals surface area contributed by atoms with Crippen molar-refractivity contribution in [1.82, 2.24) is 5.32 Å². The van der Waals surface area contributed by atoms with E-state index in [0.29, 0.717) is 18.8 Å². The minimum Gasteiger partial charge on any atom is -0.477 e. The van der Waals surface area contributed by atoms with E-state index in [1.807, 2.05) is 29.2 Å². The van der Waals surface area contributed by atoms with Gasteiger partial charge < -0.3 is 15.0 Å². The van der Waals surface area contributed by atoms with Crippen LogP contribution < -0.4 is 15.0 Å². The lowest BCUT2D eigenvalue weighted by atomic mass is 10.1. The second-order valence-corrected chi connectivity index (χ2v) is 6.01. The van der Waals surface area contributed by atoms with Crippen LogP contribution in [0, 0.1) is 10.1 Å². The van der Waals surface area contributed by atoms with Gasteiger partial charge in [-0.1, -0.05) is 23.5 Å². The first kappa shape index (κ1) is 15.3. The van der Waals surface area contributed by atoms with Crippen LogP contribution in [0.2, 0.25) is 0 Å². The third-order valence-corrected chi connectivity index (χ3v) is 4.52. The van der Waals surface area contributed by atoms with Crippen LogP contribution in [0.4, 0.5) is 10.7 Å². The van der Waals surface area contributed by atoms with Crippen LogP contribution in [-0.2, 0) is 11.3 Å². The lowest BCUT2D eigenvalue weighted by Gasteiger charge is -2.35. The van der Waals surface area contributed by atoms with Gasteiger partial charge in [0.2, 0.25) is 0 Å². The van der Waals surface area contributed by atoms with Crippen LogP contribution in [0.5, 0.6) is 5.75 Å². The fraction of sp³-hybridized carbons (Fsp3) is 0.267. The van der Waals surface area contributed by atoms with E-state index in [2.05, 4.69) is 5.32 Å². The summed E-state index contributed by atoms with van der Waals surface area (Å²) < 4.78 is 5.74. The minimum absolute atomic E-state index is 0.115. The fourth-order valence-electron chi connectivity index (χ4n) is 2.52. The Labute approximate surface area is 136 Å². The molecule has 0 saturated heterocycles. The fourth-order valence-corrected chi connectivity index (χ4v) is 3.24. The number of nitro groups is 1. The van der Waals surface area contributed by atoms with Crippen molar-refractivity contribution < 1.29 is 14.5 Å². The highest BCUT2D eigenvalue weighted by Crippen LogP contribution is 2.35. The molecule has 1 N–H and O–H groups in total. The average molecular weight is 333 g/mol. The maximum Gasteiger partial charge on any atom is 0.324 e. The molecule has 2 heterocycles. The standard InChI is InChI=1S/C15H15N3O4S/c1-16-15(19)13-8-17(11-4-2-3-5-12(11)22-13)7-10-6-14(18(20)21)23-9-10/h2-6,9,13H,7-8H2,1H3,(H,16,19)/t13-/m0/s1. The quantitative estimate of drug-likeness (QED) is 0.685. The van der Waals surface area contributed by atoms with Crippen molar-refractivity contribution >= 4 is 27.9 Å². The molecule has 0 fully saturated rings. The Morgan fingerprint density at radius 1 is 1.52 bits per heavy atom. The number of fused-ring (bicyclic) bond motifs is 1. The first-order valence-electron chi connectivity index (χ1n) is 7.02. The Balaban J connectivity index is 1.86. The van der Waals surface area contributed by atoms with Crippen LogP contribution in [-0.4, -0.2) is 30.5 Å². The van der Waals surface area contributed by atoms with E-state index in [4.69, 9.17) is 4.74 Å². The summed E-state index contributed by atoms with van der Waals surface area (Å²) in [7, 11) is 1.57. The SMILES string of the molecule is CNC(=O)[C@@H]1CN(Cc2csc([N+](=O)[O-])c2)c2ccccc2O1. The highest BCUT2D eigenvalue weighted by Gasteiger charge is 2.30. The summed E-state index contributed by atoms with van der Waals surface area (Å²) in [5.41, 5.74) is 1.72. The van der Waals surface area contributed by atoms with Gasteiger partial charge in [0.1, 0.15) is 5.75 Å². The Hall–Kier alpha value is -2.61. The van der Waals surface area contributed by atoms with Crippen molar-refractivity contribution in [1.29, 1.82) is 0 Å². The van der Waals surface area contributed by atoms with E-state index < -0.39 is 11.0 Å². The lowest BCUT2D eigenvalue weighted by Crippen LogP contribution is -2.47. The molecule has 2 aromatic rings. The molecule has 0 aliphatic carbocycles. The molecule has 23 heavy (non-hydrogen) atoms. The van der Waals surface area contributed by atoms with Gasteiger partial charge in [-0.25, -0.2) is 0 Å². The lowest BCUT2D eigenvalue weighted by molar-refractivity contribution is -0.380. The van der Waals surface area contributed by atoms with Crippen molar-refractivity contribution in [3.05, 3.63) is 51.4 Å². The number of anilines is 1. The number of ether oxygens (including phenoxy) is 1. The van der Waals surface area contributed by atoms with Crippen molar-refractivity contribution in [2.45, 2.75) is 12.6 Å². The molecular formula is C15H15N3O4S. The molecule has 1 aromatic heterocycles. The molecule has 1 atom stereocenters. The van der Waals surface area contributed by atoms with Gasteiger partial charge in [0.25, 0.3) is 5.91 Å². The maximum atomic E-state index is 11.9. The summed E-state index contributed by atoms with van der Waals surface area (Å²) in [6.45, 7) is 0.874. The van der Waals surface area contributed by atoms with E-state index >= 15 is 0 Å². The van der Waals surface area contributed by atoms with Crippen LogP contribution >= 0.6 is 11.3 Å². The normalized spacial score (nSPS) is 16.4. The van der Waals surface area contributed by atoms with Crippen molar-refractivity contribution in [3.63, 3.8) is 0 Å². The van der Waals surface area contributed by atoms with Crippen LogP contribution in [0.15, 0.2) is 35.7 Å².